The maximum atomic E-state index is 3.11. The van der Waals surface area contributed by atoms with Crippen LogP contribution < -0.4 is 0 Å². The molecule has 1 aromatic rings. The molecule has 1 heteroatoms. The van der Waals surface area contributed by atoms with Gasteiger partial charge in [0.05, 0.1) is 0 Å². The summed E-state index contributed by atoms with van der Waals surface area (Å²) in [6.07, 6.45) is 4.01. The smallest absolute Gasteiger partial charge is 0.00899 e. The Morgan fingerprint density at radius 2 is 1.92 bits per heavy atom. The van der Waals surface area contributed by atoms with Gasteiger partial charge in [-0.1, -0.05) is 24.3 Å². The lowest BCUT2D eigenvalue weighted by Gasteiger charge is -1.96. The number of pyridine rings is 1. The molecular weight excluding hydrogens is 158 g/mol. The summed E-state index contributed by atoms with van der Waals surface area (Å²) in [5.41, 5.74) is 2.61. The van der Waals surface area contributed by atoms with E-state index in [1.165, 1.54) is 21.9 Å². The van der Waals surface area contributed by atoms with Crippen molar-refractivity contribution >= 4 is 10.8 Å². The van der Waals surface area contributed by atoms with Crippen LogP contribution in [0.3, 0.4) is 0 Å². The van der Waals surface area contributed by atoms with Crippen molar-refractivity contribution in [3.63, 3.8) is 0 Å². The molecule has 3 rings (SSSR count). The first kappa shape index (κ1) is 6.72. The Bertz CT molecular complexity index is 522. The minimum atomic E-state index is 1.30. The molecule has 0 radical (unpaired) electrons. The highest BCUT2D eigenvalue weighted by molar-refractivity contribution is 6.01. The number of fused-ring (bicyclic) bond motifs is 3. The summed E-state index contributed by atoms with van der Waals surface area (Å²) in [4.78, 5) is 3.11. The summed E-state index contributed by atoms with van der Waals surface area (Å²) in [5.74, 6) is 0. The summed E-state index contributed by atoms with van der Waals surface area (Å²) >= 11 is 0. The molecule has 0 unspecified atom stereocenters. The molecule has 0 bridgehead atoms. The zero-order chi connectivity index (χ0) is 8.67. The molecule has 1 aromatic carbocycles. The van der Waals surface area contributed by atoms with Crippen LogP contribution in [0.4, 0.5) is 0 Å². The Hall–Kier alpha value is -1.76. The third-order valence-corrected chi connectivity index (χ3v) is 2.46. The molecule has 62 valence electrons. The lowest BCUT2D eigenvalue weighted by Crippen LogP contribution is -1.74. The summed E-state index contributed by atoms with van der Waals surface area (Å²) in [6, 6.07) is 12.8. The first-order valence-electron chi connectivity index (χ1n) is 4.39. The minimum absolute atomic E-state index is 1.30. The van der Waals surface area contributed by atoms with Gasteiger partial charge in [0.25, 0.3) is 0 Å². The van der Waals surface area contributed by atoms with Gasteiger partial charge in [0, 0.05) is 18.0 Å². The van der Waals surface area contributed by atoms with Crippen molar-refractivity contribution in [2.24, 2.45) is 0 Å². The van der Waals surface area contributed by atoms with Crippen LogP contribution in [0.25, 0.3) is 21.9 Å². The molecule has 0 amide bonds. The van der Waals surface area contributed by atoms with Gasteiger partial charge in [-0.05, 0) is 28.5 Å². The van der Waals surface area contributed by atoms with Gasteiger partial charge >= 0.3 is 0 Å². The Labute approximate surface area is 76.4 Å². The summed E-state index contributed by atoms with van der Waals surface area (Å²) in [5, 5.41) is 2.64. The molecule has 0 atom stereocenters. The molecule has 1 nitrogen and oxygen atoms in total. The van der Waals surface area contributed by atoms with Crippen LogP contribution in [0.15, 0.2) is 48.8 Å². The van der Waals surface area contributed by atoms with Crippen LogP contribution in [0.2, 0.25) is 0 Å². The molecular formula is C12H9N. The molecule has 1 aliphatic carbocycles. The van der Waals surface area contributed by atoms with E-state index < -0.39 is 0 Å². The van der Waals surface area contributed by atoms with E-state index in [4.69, 9.17) is 0 Å². The SMILES string of the molecule is c1ccc2c3c[nH]ccc-3cc2c1. The minimum Gasteiger partial charge on any atom is -0.367 e. The van der Waals surface area contributed by atoms with E-state index in [0.29, 0.717) is 0 Å². The van der Waals surface area contributed by atoms with Gasteiger partial charge in [0.1, 0.15) is 0 Å². The van der Waals surface area contributed by atoms with E-state index in [9.17, 15) is 0 Å². The van der Waals surface area contributed by atoms with Gasteiger partial charge in [0.2, 0.25) is 0 Å². The second-order valence-electron chi connectivity index (χ2n) is 3.24. The number of benzene rings is 1. The maximum Gasteiger partial charge on any atom is 0.00899 e. The average Bonchev–Trinajstić information content (AvgIpc) is 2.56. The van der Waals surface area contributed by atoms with Crippen LogP contribution in [0.5, 0.6) is 0 Å². The van der Waals surface area contributed by atoms with E-state index in [2.05, 4.69) is 47.6 Å². The molecule has 13 heavy (non-hydrogen) atoms. The van der Waals surface area contributed by atoms with E-state index in [-0.39, 0.29) is 0 Å². The predicted molar refractivity (Wildman–Crippen MR) is 54.9 cm³/mol. The molecule has 0 saturated heterocycles. The summed E-state index contributed by atoms with van der Waals surface area (Å²) < 4.78 is 0. The fraction of sp³-hybridized carbons (Fsp3) is 0. The first-order chi connectivity index (χ1) is 6.45. The van der Waals surface area contributed by atoms with Gasteiger partial charge in [-0.25, -0.2) is 0 Å². The van der Waals surface area contributed by atoms with Crippen molar-refractivity contribution < 1.29 is 0 Å². The van der Waals surface area contributed by atoms with E-state index >= 15 is 0 Å². The van der Waals surface area contributed by atoms with Crippen LogP contribution >= 0.6 is 0 Å². The van der Waals surface area contributed by atoms with Gasteiger partial charge in [0.15, 0.2) is 0 Å². The van der Waals surface area contributed by atoms with Gasteiger partial charge in [-0.15, -0.1) is 0 Å². The Kier molecular flexibility index (Phi) is 1.22. The quantitative estimate of drug-likeness (QED) is 0.529. The standard InChI is InChI=1S/C12H9N/c1-2-4-11-9(3-1)7-10-5-6-13-8-12(10)11/h1-8,13H. The highest BCUT2D eigenvalue weighted by Crippen LogP contribution is 2.32. The average molecular weight is 167 g/mol. The molecule has 0 fully saturated rings. The maximum absolute atomic E-state index is 3.11. The number of nitrogens with one attached hydrogen (secondary N) is 1. The number of aromatic nitrogens is 1. The zero-order valence-electron chi connectivity index (χ0n) is 7.12. The van der Waals surface area contributed by atoms with E-state index in [1.54, 1.807) is 0 Å². The highest BCUT2D eigenvalue weighted by Gasteiger charge is 2.06. The second-order valence-corrected chi connectivity index (χ2v) is 3.24. The van der Waals surface area contributed by atoms with Crippen LogP contribution in [-0.4, -0.2) is 4.98 Å². The molecule has 1 aliphatic heterocycles. The Morgan fingerprint density at radius 1 is 1.00 bits per heavy atom. The Balaban J connectivity index is 2.56. The van der Waals surface area contributed by atoms with Crippen LogP contribution in [0, 0.1) is 0 Å². The number of aromatic amines is 1. The third-order valence-electron chi connectivity index (χ3n) is 2.46. The lowest BCUT2D eigenvalue weighted by molar-refractivity contribution is 1.34. The van der Waals surface area contributed by atoms with E-state index in [1.807, 2.05) is 6.20 Å². The molecule has 1 N–H and O–H groups in total. The fourth-order valence-corrected chi connectivity index (χ4v) is 1.84. The molecule has 1 heterocycles. The number of hydrogen-bond donors (Lipinski definition) is 1. The van der Waals surface area contributed by atoms with Crippen LogP contribution in [0.1, 0.15) is 0 Å². The van der Waals surface area contributed by atoms with Crippen LogP contribution in [-0.2, 0) is 0 Å². The largest absolute Gasteiger partial charge is 0.367 e. The molecule has 0 aromatic heterocycles. The van der Waals surface area contributed by atoms with Crippen molar-refractivity contribution in [2.75, 3.05) is 0 Å². The van der Waals surface area contributed by atoms with Gasteiger partial charge in [-0.2, -0.15) is 0 Å². The third kappa shape index (κ3) is 0.872. The van der Waals surface area contributed by atoms with Crippen molar-refractivity contribution in [2.45, 2.75) is 0 Å². The first-order valence-corrected chi connectivity index (χ1v) is 4.39. The topological polar surface area (TPSA) is 15.8 Å². The van der Waals surface area contributed by atoms with Crippen molar-refractivity contribution in [1.82, 2.24) is 4.98 Å². The fourth-order valence-electron chi connectivity index (χ4n) is 1.84. The predicted octanol–water partition coefficient (Wildman–Crippen LogP) is 3.27. The number of rotatable bonds is 0. The van der Waals surface area contributed by atoms with E-state index in [0.717, 1.165) is 0 Å². The molecule has 0 saturated carbocycles. The monoisotopic (exact) mass is 167 g/mol. The molecule has 0 spiro atoms. The zero-order valence-corrected chi connectivity index (χ0v) is 7.12. The highest BCUT2D eigenvalue weighted by atomic mass is 14.6. The van der Waals surface area contributed by atoms with Crippen molar-refractivity contribution in [3.8, 4) is 11.1 Å². The normalized spacial score (nSPS) is 11.1. The lowest BCUT2D eigenvalue weighted by atomic mass is 10.1. The second kappa shape index (κ2) is 2.36. The Morgan fingerprint density at radius 3 is 2.92 bits per heavy atom. The van der Waals surface area contributed by atoms with Crippen molar-refractivity contribution in [3.05, 3.63) is 48.8 Å². The summed E-state index contributed by atoms with van der Waals surface area (Å²) in [7, 11) is 0. The van der Waals surface area contributed by atoms with Gasteiger partial charge in [-0.3, -0.25) is 0 Å². The number of H-pyrrole nitrogens is 1. The summed E-state index contributed by atoms with van der Waals surface area (Å²) in [6.45, 7) is 0. The van der Waals surface area contributed by atoms with Gasteiger partial charge < -0.3 is 4.98 Å². The number of hydrogen-bond acceptors (Lipinski definition) is 0. The molecule has 2 aliphatic rings. The van der Waals surface area contributed by atoms with Crippen molar-refractivity contribution in [1.29, 1.82) is 0 Å².